The van der Waals surface area contributed by atoms with Gasteiger partial charge < -0.3 is 48.5 Å². The second kappa shape index (κ2) is 26.2. The third-order valence-corrected chi connectivity index (χ3v) is 10.5. The molecule has 0 unspecified atom stereocenters. The summed E-state index contributed by atoms with van der Waals surface area (Å²) in [6, 6.07) is 16.1. The number of ether oxygens (including phenoxy) is 8. The standard InChI is InChI=1S/C47H68N2O12/c1-7-36(60-43-31-34(44(51)58-8-2)30-42(33(43)3)49-46(53)61-47(4,5)6)15-13-14-35(50)20-22-54-24-26-56-28-29-57-27-25-55-23-21-48-45(52)59-32-41-39-18-11-9-16-37(39)38-17-10-12-19-40(38)41/h9-12,16-19,31,33,36,41-43H,7-8,13-15,20-30,32H2,1-6H3,(H,48,52)(H,49,53)/t33-,36+,42+,43-/m1/s1. The molecule has 0 radical (unpaired) electrons. The van der Waals surface area contributed by atoms with Gasteiger partial charge in [0.1, 0.15) is 18.0 Å². The van der Waals surface area contributed by atoms with E-state index in [4.69, 9.17) is 37.9 Å². The summed E-state index contributed by atoms with van der Waals surface area (Å²) in [4.78, 5) is 50.1. The maximum Gasteiger partial charge on any atom is 0.407 e. The molecule has 0 aromatic heterocycles. The molecule has 61 heavy (non-hydrogen) atoms. The molecule has 2 aromatic carbocycles. The molecule has 0 fully saturated rings. The first-order valence-electron chi connectivity index (χ1n) is 21.8. The number of carbonyl (C=O) groups is 4. The van der Waals surface area contributed by atoms with Crippen molar-refractivity contribution in [3.63, 3.8) is 0 Å². The second-order valence-corrected chi connectivity index (χ2v) is 16.2. The van der Waals surface area contributed by atoms with Crippen LogP contribution in [0.1, 0.15) is 97.1 Å². The quantitative estimate of drug-likeness (QED) is 0.0524. The smallest absolute Gasteiger partial charge is 0.407 e. The fourth-order valence-corrected chi connectivity index (χ4v) is 7.31. The lowest BCUT2D eigenvalue weighted by Gasteiger charge is -2.37. The van der Waals surface area contributed by atoms with Gasteiger partial charge >= 0.3 is 18.2 Å². The molecule has 2 aliphatic rings. The van der Waals surface area contributed by atoms with Crippen LogP contribution in [0.25, 0.3) is 11.1 Å². The summed E-state index contributed by atoms with van der Waals surface area (Å²) in [6.07, 6.45) is 3.39. The topological polar surface area (TPSA) is 166 Å². The minimum absolute atomic E-state index is 0.0179. The predicted molar refractivity (Wildman–Crippen MR) is 230 cm³/mol. The largest absolute Gasteiger partial charge is 0.463 e. The van der Waals surface area contributed by atoms with Gasteiger partial charge in [-0.25, -0.2) is 14.4 Å². The molecule has 0 heterocycles. The SMILES string of the molecule is CCOC(=O)C1=C[C@@H](O[C@@H](CC)CCCC(=O)CCOCCOCCOCCOCCNC(=O)OCC2c3ccccc3-c3ccccc32)[C@H](C)[C@@H](NC(=O)OC(C)(C)C)C1. The van der Waals surface area contributed by atoms with E-state index in [-0.39, 0.29) is 43.0 Å². The Labute approximate surface area is 361 Å². The zero-order valence-corrected chi connectivity index (χ0v) is 37.0. The monoisotopic (exact) mass is 852 g/mol. The molecule has 0 bridgehead atoms. The van der Waals surface area contributed by atoms with Gasteiger partial charge in [0.25, 0.3) is 0 Å². The molecule has 0 saturated heterocycles. The fourth-order valence-electron chi connectivity index (χ4n) is 7.31. The summed E-state index contributed by atoms with van der Waals surface area (Å²) >= 11 is 0. The van der Waals surface area contributed by atoms with Crippen LogP contribution in [-0.4, -0.2) is 120 Å². The lowest BCUT2D eigenvalue weighted by atomic mass is 9.83. The fraction of sp³-hybridized carbons (Fsp3) is 0.617. The van der Waals surface area contributed by atoms with Crippen LogP contribution >= 0.6 is 0 Å². The van der Waals surface area contributed by atoms with Crippen LogP contribution in [0.15, 0.2) is 60.2 Å². The average molecular weight is 853 g/mol. The Kier molecular flexibility index (Phi) is 21.2. The lowest BCUT2D eigenvalue weighted by molar-refractivity contribution is -0.139. The number of nitrogens with one attached hydrogen (secondary N) is 2. The molecule has 14 heteroatoms. The number of Topliss-reactive ketones (excluding diaryl/α,β-unsaturated/α-hetero) is 1. The second-order valence-electron chi connectivity index (χ2n) is 16.2. The van der Waals surface area contributed by atoms with Gasteiger partial charge in [-0.1, -0.05) is 62.4 Å². The van der Waals surface area contributed by atoms with Crippen LogP contribution in [0.2, 0.25) is 0 Å². The van der Waals surface area contributed by atoms with Crippen molar-refractivity contribution in [2.45, 2.75) is 110 Å². The van der Waals surface area contributed by atoms with Gasteiger partial charge in [0.15, 0.2) is 0 Å². The van der Waals surface area contributed by atoms with Crippen LogP contribution in [0.3, 0.4) is 0 Å². The van der Waals surface area contributed by atoms with Crippen molar-refractivity contribution in [1.82, 2.24) is 10.6 Å². The van der Waals surface area contributed by atoms with E-state index >= 15 is 0 Å². The van der Waals surface area contributed by atoms with E-state index in [2.05, 4.69) is 34.9 Å². The zero-order chi connectivity index (χ0) is 44.0. The van der Waals surface area contributed by atoms with Crippen LogP contribution in [0.4, 0.5) is 9.59 Å². The molecule has 2 aromatic rings. The summed E-state index contributed by atoms with van der Waals surface area (Å²) in [5, 5.41) is 5.66. The lowest BCUT2D eigenvalue weighted by Crippen LogP contribution is -2.49. The molecular weight excluding hydrogens is 785 g/mol. The van der Waals surface area contributed by atoms with Crippen LogP contribution in [-0.2, 0) is 47.5 Å². The van der Waals surface area contributed by atoms with Gasteiger partial charge in [-0.2, -0.15) is 0 Å². The highest BCUT2D eigenvalue weighted by atomic mass is 16.6. The molecule has 2 N–H and O–H groups in total. The number of carbonyl (C=O) groups excluding carboxylic acids is 4. The normalized spacial score (nSPS) is 17.7. The van der Waals surface area contributed by atoms with Crippen molar-refractivity contribution in [2.75, 3.05) is 72.6 Å². The van der Waals surface area contributed by atoms with Crippen molar-refractivity contribution < 1.29 is 57.1 Å². The number of rotatable bonds is 27. The maximum atomic E-state index is 12.7. The Hall–Kier alpha value is -4.34. The number of hydrogen-bond acceptors (Lipinski definition) is 12. The third-order valence-electron chi connectivity index (χ3n) is 10.5. The molecule has 2 aliphatic carbocycles. The predicted octanol–water partition coefficient (Wildman–Crippen LogP) is 7.31. The van der Waals surface area contributed by atoms with Crippen molar-refractivity contribution in [2.24, 2.45) is 5.92 Å². The van der Waals surface area contributed by atoms with Gasteiger partial charge in [-0.15, -0.1) is 0 Å². The summed E-state index contributed by atoms with van der Waals surface area (Å²) in [7, 11) is 0. The minimum atomic E-state index is -0.653. The highest BCUT2D eigenvalue weighted by Crippen LogP contribution is 2.44. The number of benzene rings is 2. The van der Waals surface area contributed by atoms with Gasteiger partial charge in [-0.3, -0.25) is 4.79 Å². The summed E-state index contributed by atoms with van der Waals surface area (Å²) in [5.41, 5.74) is 4.53. The highest BCUT2D eigenvalue weighted by molar-refractivity contribution is 5.89. The van der Waals surface area contributed by atoms with E-state index in [0.717, 1.165) is 6.42 Å². The van der Waals surface area contributed by atoms with Crippen molar-refractivity contribution >= 4 is 23.9 Å². The van der Waals surface area contributed by atoms with Gasteiger partial charge in [-0.05, 0) is 75.3 Å². The van der Waals surface area contributed by atoms with Crippen molar-refractivity contribution in [3.8, 4) is 11.1 Å². The van der Waals surface area contributed by atoms with Crippen molar-refractivity contribution in [3.05, 3.63) is 71.3 Å². The molecule has 0 spiro atoms. The maximum absolute atomic E-state index is 12.7. The summed E-state index contributed by atoms with van der Waals surface area (Å²) in [6.45, 7) is 15.1. The molecule has 0 aliphatic heterocycles. The highest BCUT2D eigenvalue weighted by Gasteiger charge is 2.36. The Bertz CT molecular complexity index is 1660. The molecule has 4 rings (SSSR count). The first kappa shape index (κ1) is 49.3. The molecule has 4 atom stereocenters. The van der Waals surface area contributed by atoms with E-state index in [0.29, 0.717) is 97.1 Å². The Morgan fingerprint density at radius 1 is 0.754 bits per heavy atom. The van der Waals surface area contributed by atoms with E-state index in [1.165, 1.54) is 22.3 Å². The number of amides is 2. The van der Waals surface area contributed by atoms with E-state index in [1.54, 1.807) is 27.7 Å². The first-order valence-corrected chi connectivity index (χ1v) is 21.8. The Balaban J connectivity index is 0.968. The van der Waals surface area contributed by atoms with Gasteiger partial charge in [0.2, 0.25) is 0 Å². The summed E-state index contributed by atoms with van der Waals surface area (Å²) < 4.78 is 45.0. The zero-order valence-electron chi connectivity index (χ0n) is 37.0. The van der Waals surface area contributed by atoms with Crippen LogP contribution in [0, 0.1) is 5.92 Å². The molecule has 0 saturated carbocycles. The third kappa shape index (κ3) is 17.2. The average Bonchev–Trinajstić information content (AvgIpc) is 3.55. The number of ketones is 1. The number of hydrogen-bond donors (Lipinski definition) is 2. The van der Waals surface area contributed by atoms with Crippen molar-refractivity contribution in [1.29, 1.82) is 0 Å². The van der Waals surface area contributed by atoms with Gasteiger partial charge in [0, 0.05) is 49.3 Å². The molecule has 14 nitrogen and oxygen atoms in total. The van der Waals surface area contributed by atoms with Crippen LogP contribution < -0.4 is 10.6 Å². The molecular formula is C47H68N2O12. The van der Waals surface area contributed by atoms with E-state index in [9.17, 15) is 19.2 Å². The minimum Gasteiger partial charge on any atom is -0.463 e. The number of fused-ring (bicyclic) bond motifs is 3. The van der Waals surface area contributed by atoms with E-state index < -0.39 is 29.9 Å². The Morgan fingerprint density at radius 3 is 1.93 bits per heavy atom. The first-order chi connectivity index (χ1) is 29.4. The van der Waals surface area contributed by atoms with E-state index in [1.807, 2.05) is 44.2 Å². The number of esters is 1. The van der Waals surface area contributed by atoms with Crippen LogP contribution in [0.5, 0.6) is 0 Å². The summed E-state index contributed by atoms with van der Waals surface area (Å²) in [5.74, 6) is -0.405. The number of alkyl carbamates (subject to hydrolysis) is 2. The van der Waals surface area contributed by atoms with Gasteiger partial charge in [0.05, 0.1) is 71.7 Å². The molecule has 338 valence electrons. The molecule has 2 amide bonds. The Morgan fingerprint density at radius 2 is 1.34 bits per heavy atom.